The highest BCUT2D eigenvalue weighted by atomic mass is 127. The fourth-order valence-electron chi connectivity index (χ4n) is 0.674. The third-order valence-corrected chi connectivity index (χ3v) is 2.24. The van der Waals surface area contributed by atoms with Crippen LogP contribution in [0.1, 0.15) is 18.8 Å². The Hall–Kier alpha value is -0.460. The predicted octanol–water partition coefficient (Wildman–Crippen LogP) is 1.41. The molecular weight excluding hydrogens is 262 g/mol. The molecule has 11 heavy (non-hydrogen) atoms. The van der Waals surface area contributed by atoms with Crippen LogP contribution in [0, 0.1) is 3.57 Å². The largest absolute Gasteiger partial charge is 0.312 e. The topological polar surface area (TPSA) is 45.8 Å². The van der Waals surface area contributed by atoms with Gasteiger partial charge in [-0.3, -0.25) is 4.79 Å². The number of hydrogen-bond acceptors (Lipinski definition) is 2. The van der Waals surface area contributed by atoms with E-state index in [4.69, 9.17) is 0 Å². The highest BCUT2D eigenvalue weighted by Crippen LogP contribution is 2.15. The van der Waals surface area contributed by atoms with Crippen molar-refractivity contribution in [2.45, 2.75) is 13.1 Å². The number of halogens is 2. The van der Waals surface area contributed by atoms with Crippen LogP contribution in [-0.4, -0.2) is 9.97 Å². The summed E-state index contributed by atoms with van der Waals surface area (Å²) in [6.07, 6.45) is 0.0137. The maximum Gasteiger partial charge on any atom is 0.264 e. The summed E-state index contributed by atoms with van der Waals surface area (Å²) in [7, 11) is 0. The second-order valence-corrected chi connectivity index (χ2v) is 3.13. The molecule has 0 spiro atoms. The summed E-state index contributed by atoms with van der Waals surface area (Å²) in [6, 6.07) is 0. The van der Waals surface area contributed by atoms with Crippen LogP contribution in [0.2, 0.25) is 0 Å². The van der Waals surface area contributed by atoms with Gasteiger partial charge in [-0.05, 0) is 29.5 Å². The van der Waals surface area contributed by atoms with Crippen molar-refractivity contribution < 1.29 is 4.39 Å². The number of nitrogens with zero attached hydrogens (tertiary/aromatic N) is 1. The zero-order valence-electron chi connectivity index (χ0n) is 5.77. The van der Waals surface area contributed by atoms with E-state index in [9.17, 15) is 9.18 Å². The standard InChI is InChI=1S/C6H6FIN2O/c1-3(7)5-4(8)6(11)10-2-9-5/h2-3H,1H3,(H,9,10,11)/t3-/m1/s1. The van der Waals surface area contributed by atoms with Crippen LogP contribution in [-0.2, 0) is 0 Å². The molecule has 0 fully saturated rings. The molecule has 0 aliphatic rings. The van der Waals surface area contributed by atoms with Gasteiger partial charge in [-0.1, -0.05) is 0 Å². The van der Waals surface area contributed by atoms with Crippen molar-refractivity contribution in [3.8, 4) is 0 Å². The van der Waals surface area contributed by atoms with E-state index in [1.54, 1.807) is 22.6 Å². The summed E-state index contributed by atoms with van der Waals surface area (Å²) in [4.78, 5) is 16.9. The summed E-state index contributed by atoms with van der Waals surface area (Å²) >= 11 is 1.77. The Labute approximate surface area is 76.2 Å². The molecule has 3 nitrogen and oxygen atoms in total. The van der Waals surface area contributed by atoms with Crippen molar-refractivity contribution in [2.24, 2.45) is 0 Å². The molecule has 0 amide bonds. The van der Waals surface area contributed by atoms with Crippen molar-refractivity contribution in [1.82, 2.24) is 9.97 Å². The van der Waals surface area contributed by atoms with E-state index in [2.05, 4.69) is 9.97 Å². The van der Waals surface area contributed by atoms with Gasteiger partial charge in [0.05, 0.1) is 12.0 Å². The number of nitrogens with one attached hydrogen (secondary N) is 1. The maximum atomic E-state index is 12.7. The van der Waals surface area contributed by atoms with Crippen LogP contribution in [0.15, 0.2) is 11.1 Å². The Morgan fingerprint density at radius 1 is 1.82 bits per heavy atom. The van der Waals surface area contributed by atoms with Crippen molar-refractivity contribution >= 4 is 22.6 Å². The molecule has 1 aromatic rings. The Bertz CT molecular complexity index is 310. The third-order valence-electron chi connectivity index (χ3n) is 1.20. The Balaban J connectivity index is 3.28. The molecule has 0 saturated carbocycles. The summed E-state index contributed by atoms with van der Waals surface area (Å²) in [6.45, 7) is 1.35. The zero-order chi connectivity index (χ0) is 8.43. The number of alkyl halides is 1. The van der Waals surface area contributed by atoms with Gasteiger partial charge in [-0.2, -0.15) is 0 Å². The van der Waals surface area contributed by atoms with E-state index in [1.807, 2.05) is 0 Å². The van der Waals surface area contributed by atoms with Gasteiger partial charge in [-0.25, -0.2) is 9.37 Å². The maximum absolute atomic E-state index is 12.7. The van der Waals surface area contributed by atoms with E-state index < -0.39 is 6.17 Å². The molecular formula is C6H6FIN2O. The molecule has 0 radical (unpaired) electrons. The van der Waals surface area contributed by atoms with Crippen LogP contribution in [0.4, 0.5) is 4.39 Å². The molecule has 0 aliphatic carbocycles. The van der Waals surface area contributed by atoms with Gasteiger partial charge in [0.2, 0.25) is 0 Å². The number of aromatic amines is 1. The molecule has 0 bridgehead atoms. The second kappa shape index (κ2) is 3.29. The minimum absolute atomic E-state index is 0.203. The fraction of sp³-hybridized carbons (Fsp3) is 0.333. The molecule has 1 rings (SSSR count). The first kappa shape index (κ1) is 8.63. The molecule has 60 valence electrons. The number of H-pyrrole nitrogens is 1. The lowest BCUT2D eigenvalue weighted by Crippen LogP contribution is -2.14. The van der Waals surface area contributed by atoms with E-state index in [1.165, 1.54) is 13.3 Å². The van der Waals surface area contributed by atoms with Crippen LogP contribution in [0.3, 0.4) is 0 Å². The SMILES string of the molecule is C[C@@H](F)c1nc[nH]c(=O)c1I. The summed E-state index contributed by atoms with van der Waals surface area (Å²) in [5.41, 5.74) is -0.0885. The van der Waals surface area contributed by atoms with Crippen molar-refractivity contribution in [3.05, 3.63) is 25.9 Å². The lowest BCUT2D eigenvalue weighted by atomic mass is 10.3. The average molecular weight is 268 g/mol. The highest BCUT2D eigenvalue weighted by Gasteiger charge is 2.10. The van der Waals surface area contributed by atoms with Crippen molar-refractivity contribution in [3.63, 3.8) is 0 Å². The van der Waals surface area contributed by atoms with Crippen LogP contribution >= 0.6 is 22.6 Å². The average Bonchev–Trinajstić information content (AvgIpc) is 1.94. The van der Waals surface area contributed by atoms with E-state index in [0.29, 0.717) is 3.57 Å². The van der Waals surface area contributed by atoms with E-state index >= 15 is 0 Å². The minimum Gasteiger partial charge on any atom is -0.312 e. The molecule has 1 N–H and O–H groups in total. The van der Waals surface area contributed by atoms with Crippen LogP contribution in [0.5, 0.6) is 0 Å². The fourth-order valence-corrected chi connectivity index (χ4v) is 1.40. The monoisotopic (exact) mass is 268 g/mol. The van der Waals surface area contributed by atoms with Gasteiger partial charge in [0.15, 0.2) is 0 Å². The lowest BCUT2D eigenvalue weighted by Gasteiger charge is -2.00. The molecule has 0 unspecified atom stereocenters. The van der Waals surface area contributed by atoms with Gasteiger partial charge in [0.1, 0.15) is 9.74 Å². The Morgan fingerprint density at radius 2 is 2.45 bits per heavy atom. The number of rotatable bonds is 1. The smallest absolute Gasteiger partial charge is 0.264 e. The molecule has 1 atom stereocenters. The van der Waals surface area contributed by atoms with Gasteiger partial charge in [0.25, 0.3) is 5.56 Å². The predicted molar refractivity (Wildman–Crippen MR) is 47.1 cm³/mol. The molecule has 0 aromatic carbocycles. The summed E-state index contributed by atoms with van der Waals surface area (Å²) < 4.78 is 13.0. The molecule has 0 aliphatic heterocycles. The van der Waals surface area contributed by atoms with Crippen LogP contribution < -0.4 is 5.56 Å². The van der Waals surface area contributed by atoms with Gasteiger partial charge in [-0.15, -0.1) is 0 Å². The van der Waals surface area contributed by atoms with Crippen molar-refractivity contribution in [1.29, 1.82) is 0 Å². The van der Waals surface area contributed by atoms with Gasteiger partial charge >= 0.3 is 0 Å². The molecule has 1 aromatic heterocycles. The summed E-state index contributed by atoms with van der Waals surface area (Å²) in [5.74, 6) is 0. The Kier molecular flexibility index (Phi) is 2.58. The van der Waals surface area contributed by atoms with Gasteiger partial charge < -0.3 is 4.98 Å². The third kappa shape index (κ3) is 1.76. The lowest BCUT2D eigenvalue weighted by molar-refractivity contribution is 0.363. The molecule has 0 saturated heterocycles. The molecule has 5 heteroatoms. The summed E-state index contributed by atoms with van der Waals surface area (Å²) in [5, 5.41) is 0. The number of hydrogen-bond donors (Lipinski definition) is 1. The number of aromatic nitrogens is 2. The van der Waals surface area contributed by atoms with Crippen LogP contribution in [0.25, 0.3) is 0 Å². The van der Waals surface area contributed by atoms with Crippen molar-refractivity contribution in [2.75, 3.05) is 0 Å². The first-order valence-electron chi connectivity index (χ1n) is 3.00. The quantitative estimate of drug-likeness (QED) is 0.782. The minimum atomic E-state index is -1.19. The van der Waals surface area contributed by atoms with E-state index in [-0.39, 0.29) is 11.3 Å². The zero-order valence-corrected chi connectivity index (χ0v) is 7.92. The first-order chi connectivity index (χ1) is 5.13. The van der Waals surface area contributed by atoms with Gasteiger partial charge in [0, 0.05) is 0 Å². The normalized spacial score (nSPS) is 13.0. The Morgan fingerprint density at radius 3 is 2.91 bits per heavy atom. The molecule has 1 heterocycles. The van der Waals surface area contributed by atoms with E-state index in [0.717, 1.165) is 0 Å². The second-order valence-electron chi connectivity index (χ2n) is 2.05. The highest BCUT2D eigenvalue weighted by molar-refractivity contribution is 14.1. The first-order valence-corrected chi connectivity index (χ1v) is 4.08.